The van der Waals surface area contributed by atoms with E-state index in [0.717, 1.165) is 9.79 Å². The summed E-state index contributed by atoms with van der Waals surface area (Å²) in [5.74, 6) is -0.0707. The van der Waals surface area contributed by atoms with E-state index in [-0.39, 0.29) is 5.91 Å². The Morgan fingerprint density at radius 2 is 2.05 bits per heavy atom. The molecule has 2 aromatic carbocycles. The van der Waals surface area contributed by atoms with Crippen LogP contribution in [0.15, 0.2) is 52.3 Å². The van der Waals surface area contributed by atoms with Crippen LogP contribution in [0, 0.1) is 6.92 Å². The fourth-order valence-corrected chi connectivity index (χ4v) is 2.85. The van der Waals surface area contributed by atoms with Crippen LogP contribution in [0.3, 0.4) is 0 Å². The normalized spacial score (nSPS) is 10.3. The van der Waals surface area contributed by atoms with Crippen molar-refractivity contribution >= 4 is 23.4 Å². The predicted octanol–water partition coefficient (Wildman–Crippen LogP) is 3.48. The predicted molar refractivity (Wildman–Crippen MR) is 84.2 cm³/mol. The van der Waals surface area contributed by atoms with Gasteiger partial charge in [-0.3, -0.25) is 4.79 Å². The molecule has 0 heterocycles. The third-order valence-electron chi connectivity index (χ3n) is 2.83. The molecule has 2 aromatic rings. The smallest absolute Gasteiger partial charge is 0.251 e. The lowest BCUT2D eigenvalue weighted by Crippen LogP contribution is -2.22. The summed E-state index contributed by atoms with van der Waals surface area (Å²) in [4.78, 5) is 13.9. The SMILES string of the molecule is CCNC(=O)c1ccc(N)c(Sc2cccc(C)c2)c1. The minimum atomic E-state index is -0.0707. The minimum absolute atomic E-state index is 0.0707. The molecule has 3 N–H and O–H groups in total. The van der Waals surface area contributed by atoms with E-state index in [1.807, 2.05) is 25.1 Å². The molecule has 0 aliphatic rings. The quantitative estimate of drug-likeness (QED) is 0.846. The van der Waals surface area contributed by atoms with Crippen molar-refractivity contribution in [1.82, 2.24) is 5.32 Å². The highest BCUT2D eigenvalue weighted by molar-refractivity contribution is 7.99. The van der Waals surface area contributed by atoms with Gasteiger partial charge in [-0.05, 0) is 44.2 Å². The van der Waals surface area contributed by atoms with Gasteiger partial charge in [-0.15, -0.1) is 0 Å². The lowest BCUT2D eigenvalue weighted by Gasteiger charge is -2.09. The molecule has 0 saturated carbocycles. The van der Waals surface area contributed by atoms with Gasteiger partial charge in [0.25, 0.3) is 5.91 Å². The molecular formula is C16H18N2OS. The fraction of sp³-hybridized carbons (Fsp3) is 0.188. The third kappa shape index (κ3) is 3.54. The zero-order valence-electron chi connectivity index (χ0n) is 11.6. The van der Waals surface area contributed by atoms with E-state index in [9.17, 15) is 4.79 Å². The van der Waals surface area contributed by atoms with Gasteiger partial charge in [0.15, 0.2) is 0 Å². The summed E-state index contributed by atoms with van der Waals surface area (Å²) in [5, 5.41) is 2.79. The van der Waals surface area contributed by atoms with E-state index in [1.165, 1.54) is 5.56 Å². The van der Waals surface area contributed by atoms with Crippen LogP contribution in [0.25, 0.3) is 0 Å². The highest BCUT2D eigenvalue weighted by Crippen LogP contribution is 2.33. The second-order valence-corrected chi connectivity index (χ2v) is 5.65. The first-order valence-corrected chi connectivity index (χ1v) is 7.34. The van der Waals surface area contributed by atoms with E-state index < -0.39 is 0 Å². The zero-order chi connectivity index (χ0) is 14.5. The number of amides is 1. The molecule has 0 radical (unpaired) electrons. The lowest BCUT2D eigenvalue weighted by atomic mass is 10.2. The Kier molecular flexibility index (Phi) is 4.69. The van der Waals surface area contributed by atoms with Crippen LogP contribution >= 0.6 is 11.8 Å². The lowest BCUT2D eigenvalue weighted by molar-refractivity contribution is 0.0955. The van der Waals surface area contributed by atoms with Crippen LogP contribution in [0.2, 0.25) is 0 Å². The summed E-state index contributed by atoms with van der Waals surface area (Å²) in [6, 6.07) is 13.6. The van der Waals surface area contributed by atoms with E-state index in [2.05, 4.69) is 24.4 Å². The molecule has 0 aliphatic carbocycles. The minimum Gasteiger partial charge on any atom is -0.398 e. The number of benzene rings is 2. The van der Waals surface area contributed by atoms with Gasteiger partial charge in [-0.25, -0.2) is 0 Å². The van der Waals surface area contributed by atoms with Crippen molar-refractivity contribution in [3.8, 4) is 0 Å². The van der Waals surface area contributed by atoms with Crippen LogP contribution in [-0.4, -0.2) is 12.5 Å². The van der Waals surface area contributed by atoms with Crippen molar-refractivity contribution in [1.29, 1.82) is 0 Å². The maximum absolute atomic E-state index is 11.9. The van der Waals surface area contributed by atoms with Crippen LogP contribution < -0.4 is 11.1 Å². The van der Waals surface area contributed by atoms with E-state index in [4.69, 9.17) is 5.73 Å². The average Bonchev–Trinajstić information content (AvgIpc) is 2.41. The summed E-state index contributed by atoms with van der Waals surface area (Å²) < 4.78 is 0. The molecule has 0 spiro atoms. The molecule has 0 aliphatic heterocycles. The molecule has 0 unspecified atom stereocenters. The molecular weight excluding hydrogens is 268 g/mol. The summed E-state index contributed by atoms with van der Waals surface area (Å²) in [5.41, 5.74) is 8.52. The molecule has 4 heteroatoms. The maximum atomic E-state index is 11.9. The standard InChI is InChI=1S/C16H18N2OS/c1-3-18-16(19)12-7-8-14(17)15(10-12)20-13-6-4-5-11(2)9-13/h4-10H,3,17H2,1-2H3,(H,18,19). The molecule has 1 amide bonds. The number of nitrogens with two attached hydrogens (primary N) is 1. The van der Waals surface area contributed by atoms with Gasteiger partial charge < -0.3 is 11.1 Å². The molecule has 0 atom stereocenters. The number of anilines is 1. The van der Waals surface area contributed by atoms with Gasteiger partial charge in [-0.1, -0.05) is 29.5 Å². The number of carbonyl (C=O) groups is 1. The second-order valence-electron chi connectivity index (χ2n) is 4.53. The average molecular weight is 286 g/mol. The Labute approximate surface area is 123 Å². The molecule has 104 valence electrons. The van der Waals surface area contributed by atoms with Crippen molar-refractivity contribution in [2.24, 2.45) is 0 Å². The Morgan fingerprint density at radius 3 is 2.75 bits per heavy atom. The van der Waals surface area contributed by atoms with Crippen molar-refractivity contribution in [3.63, 3.8) is 0 Å². The zero-order valence-corrected chi connectivity index (χ0v) is 12.5. The number of hydrogen-bond donors (Lipinski definition) is 2. The van der Waals surface area contributed by atoms with Gasteiger partial charge in [0.2, 0.25) is 0 Å². The Balaban J connectivity index is 2.27. The van der Waals surface area contributed by atoms with Gasteiger partial charge >= 0.3 is 0 Å². The second kappa shape index (κ2) is 6.48. The largest absolute Gasteiger partial charge is 0.398 e. The van der Waals surface area contributed by atoms with E-state index in [1.54, 1.807) is 23.9 Å². The number of nitrogen functional groups attached to an aromatic ring is 1. The van der Waals surface area contributed by atoms with Crippen LogP contribution in [-0.2, 0) is 0 Å². The van der Waals surface area contributed by atoms with Crippen LogP contribution in [0.1, 0.15) is 22.8 Å². The molecule has 0 bridgehead atoms. The van der Waals surface area contributed by atoms with E-state index in [0.29, 0.717) is 17.8 Å². The molecule has 0 aromatic heterocycles. The topological polar surface area (TPSA) is 55.1 Å². The molecule has 0 fully saturated rings. The fourth-order valence-electron chi connectivity index (χ4n) is 1.83. The molecule has 3 nitrogen and oxygen atoms in total. The number of aryl methyl sites for hydroxylation is 1. The highest BCUT2D eigenvalue weighted by Gasteiger charge is 2.09. The number of carbonyl (C=O) groups excluding carboxylic acids is 1. The molecule has 0 saturated heterocycles. The number of nitrogens with one attached hydrogen (secondary N) is 1. The monoisotopic (exact) mass is 286 g/mol. The first-order chi connectivity index (χ1) is 9.60. The molecule has 20 heavy (non-hydrogen) atoms. The van der Waals surface area contributed by atoms with Gasteiger partial charge in [0.1, 0.15) is 0 Å². The Hall–Kier alpha value is -1.94. The highest BCUT2D eigenvalue weighted by atomic mass is 32.2. The summed E-state index contributed by atoms with van der Waals surface area (Å²) in [7, 11) is 0. The van der Waals surface area contributed by atoms with Crippen LogP contribution in [0.5, 0.6) is 0 Å². The Morgan fingerprint density at radius 1 is 1.25 bits per heavy atom. The Bertz CT molecular complexity index is 626. The molecule has 2 rings (SSSR count). The first kappa shape index (κ1) is 14.5. The van der Waals surface area contributed by atoms with Gasteiger partial charge in [0.05, 0.1) is 0 Å². The van der Waals surface area contributed by atoms with Crippen molar-refractivity contribution in [2.45, 2.75) is 23.6 Å². The van der Waals surface area contributed by atoms with Gasteiger partial charge in [-0.2, -0.15) is 0 Å². The van der Waals surface area contributed by atoms with Crippen molar-refractivity contribution in [2.75, 3.05) is 12.3 Å². The van der Waals surface area contributed by atoms with E-state index >= 15 is 0 Å². The van der Waals surface area contributed by atoms with Crippen molar-refractivity contribution in [3.05, 3.63) is 53.6 Å². The summed E-state index contributed by atoms with van der Waals surface area (Å²) in [6.45, 7) is 4.57. The van der Waals surface area contributed by atoms with Crippen LogP contribution in [0.4, 0.5) is 5.69 Å². The van der Waals surface area contributed by atoms with Gasteiger partial charge in [0, 0.05) is 27.6 Å². The summed E-state index contributed by atoms with van der Waals surface area (Å²) in [6.07, 6.45) is 0. The first-order valence-electron chi connectivity index (χ1n) is 6.52. The number of hydrogen-bond acceptors (Lipinski definition) is 3. The third-order valence-corrected chi connectivity index (χ3v) is 3.89. The van der Waals surface area contributed by atoms with Crippen molar-refractivity contribution < 1.29 is 4.79 Å². The maximum Gasteiger partial charge on any atom is 0.251 e. The number of rotatable bonds is 4. The summed E-state index contributed by atoms with van der Waals surface area (Å²) >= 11 is 1.57.